The molecule has 4 rings (SSSR count). The number of aryl methyl sites for hydroxylation is 1. The van der Waals surface area contributed by atoms with Gasteiger partial charge in [-0.05, 0) is 43.3 Å². The number of rotatable bonds is 9. The molecule has 1 saturated heterocycles. The SMILES string of the molecule is COCCN(CC(=O)N1CCN(c2ccc(-c3cccc(OC)c3)nn2)CC1)C(=O)Nc1ccc(C)cc1. The predicted molar refractivity (Wildman–Crippen MR) is 146 cm³/mol. The van der Waals surface area contributed by atoms with Crippen molar-refractivity contribution in [3.63, 3.8) is 0 Å². The van der Waals surface area contributed by atoms with Crippen molar-refractivity contribution in [1.29, 1.82) is 0 Å². The monoisotopic (exact) mass is 518 g/mol. The lowest BCUT2D eigenvalue weighted by Crippen LogP contribution is -2.52. The summed E-state index contributed by atoms with van der Waals surface area (Å²) in [7, 11) is 3.21. The number of nitrogens with zero attached hydrogens (tertiary/aromatic N) is 5. The number of amides is 3. The number of carbonyl (C=O) groups is 2. The maximum absolute atomic E-state index is 13.1. The van der Waals surface area contributed by atoms with Gasteiger partial charge in [-0.3, -0.25) is 4.79 Å². The zero-order valence-electron chi connectivity index (χ0n) is 22.1. The summed E-state index contributed by atoms with van der Waals surface area (Å²) in [6.45, 7) is 4.96. The Kier molecular flexibility index (Phi) is 9.10. The minimum absolute atomic E-state index is 0.0178. The highest BCUT2D eigenvalue weighted by Gasteiger charge is 2.25. The summed E-state index contributed by atoms with van der Waals surface area (Å²) in [5.41, 5.74) is 3.49. The van der Waals surface area contributed by atoms with Gasteiger partial charge in [0.05, 0.1) is 19.4 Å². The van der Waals surface area contributed by atoms with Gasteiger partial charge in [0, 0.05) is 51.1 Å². The molecule has 1 aliphatic rings. The Bertz CT molecular complexity index is 1210. The van der Waals surface area contributed by atoms with Crippen molar-refractivity contribution in [3.05, 3.63) is 66.2 Å². The van der Waals surface area contributed by atoms with E-state index in [9.17, 15) is 9.59 Å². The van der Waals surface area contributed by atoms with E-state index >= 15 is 0 Å². The van der Waals surface area contributed by atoms with Gasteiger partial charge >= 0.3 is 6.03 Å². The molecule has 10 nitrogen and oxygen atoms in total. The summed E-state index contributed by atoms with van der Waals surface area (Å²) in [6.07, 6.45) is 0. The van der Waals surface area contributed by atoms with E-state index in [0.29, 0.717) is 45.0 Å². The van der Waals surface area contributed by atoms with Gasteiger partial charge in [-0.25, -0.2) is 4.79 Å². The van der Waals surface area contributed by atoms with Crippen LogP contribution < -0.4 is 15.0 Å². The highest BCUT2D eigenvalue weighted by molar-refractivity contribution is 5.92. The molecule has 1 fully saturated rings. The molecule has 0 saturated carbocycles. The van der Waals surface area contributed by atoms with Crippen LogP contribution in [0.2, 0.25) is 0 Å². The van der Waals surface area contributed by atoms with Gasteiger partial charge in [-0.1, -0.05) is 29.8 Å². The number of anilines is 2. The van der Waals surface area contributed by atoms with Gasteiger partial charge in [0.15, 0.2) is 5.82 Å². The molecule has 38 heavy (non-hydrogen) atoms. The molecule has 3 aromatic rings. The molecule has 2 heterocycles. The first-order chi connectivity index (χ1) is 18.5. The maximum Gasteiger partial charge on any atom is 0.322 e. The topological polar surface area (TPSA) is 100 Å². The highest BCUT2D eigenvalue weighted by Crippen LogP contribution is 2.23. The largest absolute Gasteiger partial charge is 0.497 e. The lowest BCUT2D eigenvalue weighted by molar-refractivity contribution is -0.132. The van der Waals surface area contributed by atoms with Crippen molar-refractivity contribution in [2.45, 2.75) is 6.92 Å². The summed E-state index contributed by atoms with van der Waals surface area (Å²) in [6, 6.07) is 18.8. The van der Waals surface area contributed by atoms with Crippen LogP contribution in [0.5, 0.6) is 5.75 Å². The Balaban J connectivity index is 1.31. The summed E-state index contributed by atoms with van der Waals surface area (Å²) in [5, 5.41) is 11.7. The lowest BCUT2D eigenvalue weighted by Gasteiger charge is -2.36. The normalized spacial score (nSPS) is 13.2. The van der Waals surface area contributed by atoms with Crippen molar-refractivity contribution in [2.75, 3.05) is 70.3 Å². The third-order valence-corrected chi connectivity index (χ3v) is 6.45. The number of urea groups is 1. The number of hydrogen-bond acceptors (Lipinski definition) is 7. The van der Waals surface area contributed by atoms with Crippen molar-refractivity contribution in [3.8, 4) is 17.0 Å². The van der Waals surface area contributed by atoms with E-state index < -0.39 is 0 Å². The van der Waals surface area contributed by atoms with Crippen molar-refractivity contribution in [1.82, 2.24) is 20.0 Å². The molecule has 10 heteroatoms. The second-order valence-electron chi connectivity index (χ2n) is 9.09. The number of hydrogen-bond donors (Lipinski definition) is 1. The zero-order valence-corrected chi connectivity index (χ0v) is 22.1. The number of ether oxygens (including phenoxy) is 2. The second-order valence-corrected chi connectivity index (χ2v) is 9.09. The van der Waals surface area contributed by atoms with E-state index in [2.05, 4.69) is 20.4 Å². The Morgan fingerprint density at radius 3 is 2.39 bits per heavy atom. The molecular weight excluding hydrogens is 484 g/mol. The standard InChI is InChI=1S/C28H34N6O4/c1-21-7-9-23(10-8-21)29-28(36)34(17-18-37-2)20-27(35)33-15-13-32(14-16-33)26-12-11-25(30-31-26)22-5-4-6-24(19-22)38-3/h4-12,19H,13-18,20H2,1-3H3,(H,29,36). The highest BCUT2D eigenvalue weighted by atomic mass is 16.5. The van der Waals surface area contributed by atoms with Crippen LogP contribution in [-0.2, 0) is 9.53 Å². The molecule has 0 atom stereocenters. The number of methoxy groups -OCH3 is 2. The summed E-state index contributed by atoms with van der Waals surface area (Å²) in [5.74, 6) is 1.43. The Labute approximate surface area is 223 Å². The quantitative estimate of drug-likeness (QED) is 0.464. The minimum Gasteiger partial charge on any atom is -0.497 e. The summed E-state index contributed by atoms with van der Waals surface area (Å²) < 4.78 is 10.4. The van der Waals surface area contributed by atoms with Gasteiger partial charge in [0.2, 0.25) is 5.91 Å². The van der Waals surface area contributed by atoms with E-state index in [4.69, 9.17) is 9.47 Å². The van der Waals surface area contributed by atoms with Crippen molar-refractivity contribution < 1.29 is 19.1 Å². The molecular formula is C28H34N6O4. The summed E-state index contributed by atoms with van der Waals surface area (Å²) in [4.78, 5) is 31.3. The number of piperazine rings is 1. The number of carbonyl (C=O) groups excluding carboxylic acids is 2. The third-order valence-electron chi connectivity index (χ3n) is 6.45. The molecule has 0 radical (unpaired) electrons. The minimum atomic E-state index is -0.329. The van der Waals surface area contributed by atoms with Gasteiger partial charge in [0.1, 0.15) is 12.3 Å². The van der Waals surface area contributed by atoms with Crippen LogP contribution in [0.4, 0.5) is 16.3 Å². The van der Waals surface area contributed by atoms with Crippen LogP contribution in [0, 0.1) is 6.92 Å². The third kappa shape index (κ3) is 6.98. The van der Waals surface area contributed by atoms with Crippen molar-refractivity contribution >= 4 is 23.4 Å². The number of nitrogens with one attached hydrogen (secondary N) is 1. The number of aromatic nitrogens is 2. The number of benzene rings is 2. The zero-order chi connectivity index (χ0) is 26.9. The predicted octanol–water partition coefficient (Wildman–Crippen LogP) is 3.29. The molecule has 1 N–H and O–H groups in total. The smallest absolute Gasteiger partial charge is 0.322 e. The molecule has 0 spiro atoms. The fourth-order valence-electron chi connectivity index (χ4n) is 4.17. The fourth-order valence-corrected chi connectivity index (χ4v) is 4.17. The van der Waals surface area contributed by atoms with E-state index in [-0.39, 0.29) is 18.5 Å². The average molecular weight is 519 g/mol. The van der Waals surface area contributed by atoms with Crippen molar-refractivity contribution in [2.24, 2.45) is 0 Å². The van der Waals surface area contributed by atoms with Gasteiger partial charge in [-0.15, -0.1) is 10.2 Å². The summed E-state index contributed by atoms with van der Waals surface area (Å²) >= 11 is 0. The molecule has 0 bridgehead atoms. The van der Waals surface area contributed by atoms with E-state index in [1.807, 2.05) is 67.6 Å². The molecule has 0 aliphatic carbocycles. The first-order valence-corrected chi connectivity index (χ1v) is 12.6. The Morgan fingerprint density at radius 2 is 1.74 bits per heavy atom. The van der Waals surface area contributed by atoms with Crippen LogP contribution >= 0.6 is 0 Å². The molecule has 200 valence electrons. The Hall–Kier alpha value is -4.18. The molecule has 3 amide bonds. The van der Waals surface area contributed by atoms with E-state index in [1.165, 1.54) is 4.90 Å². The van der Waals surface area contributed by atoms with Crippen LogP contribution in [0.1, 0.15) is 5.56 Å². The van der Waals surface area contributed by atoms with E-state index in [1.54, 1.807) is 19.1 Å². The first kappa shape index (κ1) is 26.9. The Morgan fingerprint density at radius 1 is 0.974 bits per heavy atom. The van der Waals surface area contributed by atoms with Gasteiger partial charge in [0.25, 0.3) is 0 Å². The van der Waals surface area contributed by atoms with E-state index in [0.717, 1.165) is 28.4 Å². The first-order valence-electron chi connectivity index (χ1n) is 12.6. The molecule has 2 aromatic carbocycles. The lowest BCUT2D eigenvalue weighted by atomic mass is 10.1. The molecule has 1 aliphatic heterocycles. The van der Waals surface area contributed by atoms with Gasteiger partial charge in [-0.2, -0.15) is 0 Å². The van der Waals surface area contributed by atoms with Crippen LogP contribution in [-0.4, -0.2) is 92.0 Å². The molecule has 0 unspecified atom stereocenters. The van der Waals surface area contributed by atoms with Gasteiger partial charge < -0.3 is 29.5 Å². The van der Waals surface area contributed by atoms with Crippen LogP contribution in [0.25, 0.3) is 11.3 Å². The van der Waals surface area contributed by atoms with Crippen LogP contribution in [0.3, 0.4) is 0 Å². The average Bonchev–Trinajstić information content (AvgIpc) is 2.96. The molecule has 1 aromatic heterocycles. The maximum atomic E-state index is 13.1. The second kappa shape index (κ2) is 12.9. The fraction of sp³-hybridized carbons (Fsp3) is 0.357. The van der Waals surface area contributed by atoms with Crippen LogP contribution in [0.15, 0.2) is 60.7 Å².